The molecule has 1 aliphatic carbocycles. The van der Waals surface area contributed by atoms with Gasteiger partial charge in [0.1, 0.15) is 5.15 Å². The van der Waals surface area contributed by atoms with E-state index in [1.54, 1.807) is 4.68 Å². The highest BCUT2D eigenvalue weighted by molar-refractivity contribution is 6.33. The van der Waals surface area contributed by atoms with Crippen LogP contribution in [0.1, 0.15) is 51.1 Å². The zero-order valence-electron chi connectivity index (χ0n) is 16.3. The van der Waals surface area contributed by atoms with Gasteiger partial charge in [-0.2, -0.15) is 5.10 Å². The summed E-state index contributed by atoms with van der Waals surface area (Å²) < 4.78 is 1.69. The van der Waals surface area contributed by atoms with E-state index in [1.165, 1.54) is 23.1 Å². The van der Waals surface area contributed by atoms with Gasteiger partial charge in [-0.25, -0.2) is 4.68 Å². The molecule has 0 spiro atoms. The first-order chi connectivity index (χ1) is 13.5. The summed E-state index contributed by atoms with van der Waals surface area (Å²) in [4.78, 5) is 13.0. The molecule has 0 saturated heterocycles. The zero-order valence-corrected chi connectivity index (χ0v) is 17.0. The molecule has 144 valence electrons. The van der Waals surface area contributed by atoms with Gasteiger partial charge in [-0.15, -0.1) is 0 Å². The quantitative estimate of drug-likeness (QED) is 0.650. The number of amides is 1. The van der Waals surface area contributed by atoms with E-state index >= 15 is 0 Å². The van der Waals surface area contributed by atoms with Crippen molar-refractivity contribution in [2.24, 2.45) is 0 Å². The van der Waals surface area contributed by atoms with Crippen LogP contribution in [0.25, 0.3) is 0 Å². The Balaban J connectivity index is 1.58. The molecule has 0 fully saturated rings. The van der Waals surface area contributed by atoms with Crippen molar-refractivity contribution in [1.82, 2.24) is 9.78 Å². The smallest absolute Gasteiger partial charge is 0.260 e. The molecule has 1 aliphatic rings. The Bertz CT molecular complexity index is 1020. The lowest BCUT2D eigenvalue weighted by Gasteiger charge is -2.19. The number of aryl methyl sites for hydroxylation is 3. The lowest BCUT2D eigenvalue weighted by Crippen LogP contribution is -2.16. The van der Waals surface area contributed by atoms with Gasteiger partial charge in [0.2, 0.25) is 0 Å². The van der Waals surface area contributed by atoms with Crippen molar-refractivity contribution in [1.29, 1.82) is 0 Å². The van der Waals surface area contributed by atoms with Crippen LogP contribution in [0, 0.1) is 13.8 Å². The molecule has 0 saturated carbocycles. The third-order valence-electron chi connectivity index (χ3n) is 5.39. The Kier molecular flexibility index (Phi) is 5.23. The molecule has 2 aromatic carbocycles. The van der Waals surface area contributed by atoms with Gasteiger partial charge < -0.3 is 5.32 Å². The molecule has 1 amide bonds. The summed E-state index contributed by atoms with van der Waals surface area (Å²) in [6, 6.07) is 14.4. The molecular formula is C23H24ClN3O. The van der Waals surface area contributed by atoms with E-state index in [2.05, 4.69) is 47.7 Å². The second-order valence-corrected chi connectivity index (χ2v) is 7.86. The molecule has 1 heterocycles. The van der Waals surface area contributed by atoms with Crippen molar-refractivity contribution >= 4 is 23.2 Å². The number of anilines is 1. The molecule has 0 aliphatic heterocycles. The van der Waals surface area contributed by atoms with E-state index in [9.17, 15) is 4.79 Å². The van der Waals surface area contributed by atoms with Crippen molar-refractivity contribution in [3.8, 4) is 0 Å². The van der Waals surface area contributed by atoms with Gasteiger partial charge in [0, 0.05) is 5.69 Å². The minimum absolute atomic E-state index is 0.198. The molecule has 3 aromatic rings. The van der Waals surface area contributed by atoms with Gasteiger partial charge in [-0.05, 0) is 62.3 Å². The van der Waals surface area contributed by atoms with E-state index in [0.29, 0.717) is 23.0 Å². The van der Waals surface area contributed by atoms with Crippen LogP contribution >= 0.6 is 11.6 Å². The minimum Gasteiger partial charge on any atom is -0.322 e. The Morgan fingerprint density at radius 2 is 1.86 bits per heavy atom. The summed E-state index contributed by atoms with van der Waals surface area (Å²) >= 11 is 6.55. The zero-order chi connectivity index (χ0) is 19.7. The van der Waals surface area contributed by atoms with Gasteiger partial charge in [0.25, 0.3) is 5.91 Å². The van der Waals surface area contributed by atoms with E-state index in [-0.39, 0.29) is 5.91 Å². The van der Waals surface area contributed by atoms with Crippen LogP contribution in [0.4, 0.5) is 5.69 Å². The van der Waals surface area contributed by atoms with Gasteiger partial charge >= 0.3 is 0 Å². The number of carbonyl (C=O) groups excluding carboxylic acids is 1. The fourth-order valence-corrected chi connectivity index (χ4v) is 4.19. The second kappa shape index (κ2) is 7.80. The van der Waals surface area contributed by atoms with E-state index in [4.69, 9.17) is 11.6 Å². The number of aromatic nitrogens is 2. The molecule has 4 rings (SSSR count). The molecule has 0 atom stereocenters. The van der Waals surface area contributed by atoms with E-state index in [1.807, 2.05) is 19.1 Å². The van der Waals surface area contributed by atoms with Crippen LogP contribution in [0.3, 0.4) is 0 Å². The maximum Gasteiger partial charge on any atom is 0.260 e. The Hall–Kier alpha value is -2.59. The fourth-order valence-electron chi connectivity index (χ4n) is 3.87. The first-order valence-electron chi connectivity index (χ1n) is 9.73. The maximum absolute atomic E-state index is 13.0. The summed E-state index contributed by atoms with van der Waals surface area (Å²) in [5.74, 6) is -0.198. The predicted octanol–water partition coefficient (Wildman–Crippen LogP) is 5.33. The van der Waals surface area contributed by atoms with E-state index in [0.717, 1.165) is 30.5 Å². The van der Waals surface area contributed by atoms with Crippen molar-refractivity contribution in [2.45, 2.75) is 46.1 Å². The summed E-state index contributed by atoms with van der Waals surface area (Å²) in [6.45, 7) is 4.42. The summed E-state index contributed by atoms with van der Waals surface area (Å²) in [6.07, 6.45) is 4.45. The lowest BCUT2D eigenvalue weighted by molar-refractivity contribution is 0.102. The molecule has 1 aromatic heterocycles. The topological polar surface area (TPSA) is 46.9 Å². The molecule has 1 N–H and O–H groups in total. The summed E-state index contributed by atoms with van der Waals surface area (Å²) in [7, 11) is 0. The minimum atomic E-state index is -0.198. The Labute approximate surface area is 170 Å². The average molecular weight is 394 g/mol. The van der Waals surface area contributed by atoms with Gasteiger partial charge in [0.15, 0.2) is 0 Å². The Morgan fingerprint density at radius 3 is 2.64 bits per heavy atom. The second-order valence-electron chi connectivity index (χ2n) is 7.50. The summed E-state index contributed by atoms with van der Waals surface area (Å²) in [5.41, 5.74) is 6.87. The number of hydrogen-bond donors (Lipinski definition) is 1. The number of fused-ring (bicyclic) bond motifs is 1. The Morgan fingerprint density at radius 1 is 1.11 bits per heavy atom. The van der Waals surface area contributed by atoms with Crippen LogP contribution < -0.4 is 5.32 Å². The van der Waals surface area contributed by atoms with Crippen LogP contribution in [0.2, 0.25) is 5.15 Å². The van der Waals surface area contributed by atoms with Crippen LogP contribution in [0.15, 0.2) is 42.5 Å². The van der Waals surface area contributed by atoms with Crippen LogP contribution in [-0.4, -0.2) is 15.7 Å². The average Bonchev–Trinajstić information content (AvgIpc) is 2.97. The van der Waals surface area contributed by atoms with Crippen LogP contribution in [0.5, 0.6) is 0 Å². The predicted molar refractivity (Wildman–Crippen MR) is 113 cm³/mol. The largest absolute Gasteiger partial charge is 0.322 e. The van der Waals surface area contributed by atoms with Crippen molar-refractivity contribution in [2.75, 3.05) is 5.32 Å². The third kappa shape index (κ3) is 3.69. The third-order valence-corrected chi connectivity index (χ3v) is 5.77. The highest BCUT2D eigenvalue weighted by Gasteiger charge is 2.22. The van der Waals surface area contributed by atoms with Gasteiger partial charge in [-0.1, -0.05) is 53.6 Å². The number of halogens is 1. The molecular weight excluding hydrogens is 370 g/mol. The number of carbonyl (C=O) groups is 1. The molecule has 0 unspecified atom stereocenters. The number of hydrogen-bond acceptors (Lipinski definition) is 2. The normalized spacial score (nSPS) is 13.2. The molecule has 5 heteroatoms. The SMILES string of the molecule is Cc1ccc(Cn2nc(C)c(C(=O)Nc3cccc4c3CCCC4)c2Cl)cc1. The standard InChI is InChI=1S/C23H24ClN3O/c1-15-10-12-17(13-11-15)14-27-22(24)21(16(2)26-27)23(28)25-20-9-5-7-18-6-3-4-8-19(18)20/h5,7,9-13H,3-4,6,8,14H2,1-2H3,(H,25,28). The number of rotatable bonds is 4. The highest BCUT2D eigenvalue weighted by Crippen LogP contribution is 2.29. The molecule has 4 nitrogen and oxygen atoms in total. The summed E-state index contributed by atoms with van der Waals surface area (Å²) in [5, 5.41) is 7.95. The number of nitrogens with zero attached hydrogens (tertiary/aromatic N) is 2. The number of nitrogens with one attached hydrogen (secondary N) is 1. The van der Waals surface area contributed by atoms with Crippen molar-refractivity contribution < 1.29 is 4.79 Å². The van der Waals surface area contributed by atoms with E-state index < -0.39 is 0 Å². The molecule has 28 heavy (non-hydrogen) atoms. The monoisotopic (exact) mass is 393 g/mol. The van der Waals surface area contributed by atoms with Crippen molar-refractivity contribution in [3.05, 3.63) is 81.1 Å². The first-order valence-corrected chi connectivity index (χ1v) is 10.1. The fraction of sp³-hybridized carbons (Fsp3) is 0.304. The molecule has 0 radical (unpaired) electrons. The first kappa shape index (κ1) is 18.8. The number of benzene rings is 2. The van der Waals surface area contributed by atoms with Gasteiger partial charge in [-0.3, -0.25) is 4.79 Å². The molecule has 0 bridgehead atoms. The van der Waals surface area contributed by atoms with Crippen molar-refractivity contribution in [3.63, 3.8) is 0 Å². The highest BCUT2D eigenvalue weighted by atomic mass is 35.5. The lowest BCUT2D eigenvalue weighted by atomic mass is 9.90. The maximum atomic E-state index is 13.0. The van der Waals surface area contributed by atoms with Crippen LogP contribution in [-0.2, 0) is 19.4 Å². The van der Waals surface area contributed by atoms with Gasteiger partial charge in [0.05, 0.1) is 17.8 Å².